The Morgan fingerprint density at radius 1 is 1.00 bits per heavy atom. The van der Waals surface area contributed by atoms with Gasteiger partial charge in [-0.15, -0.1) is 0 Å². The average molecular weight is 462 g/mol. The summed E-state index contributed by atoms with van der Waals surface area (Å²) < 4.78 is 11.6. The molecule has 34 heavy (non-hydrogen) atoms. The van der Waals surface area contributed by atoms with Crippen LogP contribution in [-0.2, 0) is 4.79 Å². The summed E-state index contributed by atoms with van der Waals surface area (Å²) in [5, 5.41) is 3.17. The highest BCUT2D eigenvalue weighted by molar-refractivity contribution is 5.82. The minimum atomic E-state index is -0.631. The molecule has 1 saturated heterocycles. The zero-order chi connectivity index (χ0) is 23.5. The van der Waals surface area contributed by atoms with Crippen LogP contribution in [-0.4, -0.2) is 69.5 Å². The van der Waals surface area contributed by atoms with Crippen molar-refractivity contribution in [2.45, 2.75) is 19.1 Å². The van der Waals surface area contributed by atoms with Gasteiger partial charge in [0.2, 0.25) is 18.0 Å². The van der Waals surface area contributed by atoms with Crippen LogP contribution >= 0.6 is 0 Å². The number of hydrogen-bond donors (Lipinski definition) is 2. The van der Waals surface area contributed by atoms with Crippen molar-refractivity contribution < 1.29 is 14.3 Å². The lowest BCUT2D eigenvalue weighted by molar-refractivity contribution is -0.143. The molecule has 0 unspecified atom stereocenters. The van der Waals surface area contributed by atoms with Gasteiger partial charge in [-0.05, 0) is 31.2 Å². The van der Waals surface area contributed by atoms with Crippen LogP contribution < -0.4 is 20.5 Å². The highest BCUT2D eigenvalue weighted by atomic mass is 16.6. The molecule has 0 radical (unpaired) electrons. The van der Waals surface area contributed by atoms with E-state index in [-0.39, 0.29) is 24.5 Å². The van der Waals surface area contributed by atoms with E-state index in [2.05, 4.69) is 25.2 Å². The Balaban J connectivity index is 1.20. The normalized spacial score (nSPS) is 18.9. The van der Waals surface area contributed by atoms with Gasteiger partial charge in [0.15, 0.2) is 17.3 Å². The molecule has 1 aromatic heterocycles. The lowest BCUT2D eigenvalue weighted by atomic mass is 10.2. The number of hydrogen-bond acceptors (Lipinski definition) is 9. The number of benzene rings is 2. The summed E-state index contributed by atoms with van der Waals surface area (Å²) in [6.45, 7) is 4.79. The van der Waals surface area contributed by atoms with E-state index in [1.54, 1.807) is 0 Å². The first-order valence-electron chi connectivity index (χ1n) is 11.3. The second-order valence-corrected chi connectivity index (χ2v) is 8.27. The van der Waals surface area contributed by atoms with Crippen molar-refractivity contribution in [2.75, 3.05) is 43.8 Å². The Kier molecular flexibility index (Phi) is 6.13. The van der Waals surface area contributed by atoms with Crippen molar-refractivity contribution in [1.29, 1.82) is 0 Å². The van der Waals surface area contributed by atoms with E-state index in [9.17, 15) is 4.79 Å². The van der Waals surface area contributed by atoms with Gasteiger partial charge in [-0.3, -0.25) is 9.69 Å². The second-order valence-electron chi connectivity index (χ2n) is 8.27. The number of rotatable bonds is 5. The van der Waals surface area contributed by atoms with Crippen molar-refractivity contribution in [2.24, 2.45) is 0 Å². The second kappa shape index (κ2) is 9.52. The molecular formula is C24H27N7O3. The number of carbonyl (C=O) groups is 1. The number of nitrogens with two attached hydrogens (primary N) is 1. The fraction of sp³-hybridized carbons (Fsp3) is 0.333. The number of carbonyl (C=O) groups excluding carboxylic acids is 1. The quantitative estimate of drug-likeness (QED) is 0.590. The number of aromatic nitrogens is 3. The van der Waals surface area contributed by atoms with Gasteiger partial charge in [-0.1, -0.05) is 30.3 Å². The molecule has 0 bridgehead atoms. The molecule has 2 atom stereocenters. The van der Waals surface area contributed by atoms with Crippen LogP contribution in [0.1, 0.15) is 18.8 Å². The third kappa shape index (κ3) is 4.72. The molecule has 2 aromatic carbocycles. The zero-order valence-corrected chi connectivity index (χ0v) is 18.9. The Morgan fingerprint density at radius 3 is 2.47 bits per heavy atom. The number of nitrogen functional groups attached to an aromatic ring is 1. The Bertz CT molecular complexity index is 1150. The topological polar surface area (TPSA) is 119 Å². The van der Waals surface area contributed by atoms with Gasteiger partial charge in [-0.2, -0.15) is 15.0 Å². The summed E-state index contributed by atoms with van der Waals surface area (Å²) >= 11 is 0. The average Bonchev–Trinajstić information content (AvgIpc) is 2.88. The maximum absolute atomic E-state index is 13.0. The number of nitrogens with one attached hydrogen (secondary N) is 1. The van der Waals surface area contributed by atoms with Crippen molar-refractivity contribution in [3.05, 3.63) is 60.4 Å². The van der Waals surface area contributed by atoms with Gasteiger partial charge in [0.1, 0.15) is 6.61 Å². The largest absolute Gasteiger partial charge is 0.485 e. The Morgan fingerprint density at radius 2 is 1.71 bits per heavy atom. The molecule has 1 fully saturated rings. The summed E-state index contributed by atoms with van der Waals surface area (Å²) in [7, 11) is 0. The van der Waals surface area contributed by atoms with Crippen LogP contribution in [0.15, 0.2) is 54.6 Å². The van der Waals surface area contributed by atoms with E-state index in [0.717, 1.165) is 5.69 Å². The van der Waals surface area contributed by atoms with Crippen LogP contribution in [0.25, 0.3) is 0 Å². The Hall–Kier alpha value is -3.92. The van der Waals surface area contributed by atoms with Crippen molar-refractivity contribution in [3.8, 4) is 11.5 Å². The minimum Gasteiger partial charge on any atom is -0.485 e. The van der Waals surface area contributed by atoms with Gasteiger partial charge >= 0.3 is 0 Å². The fourth-order valence-electron chi connectivity index (χ4n) is 4.14. The molecule has 0 saturated carbocycles. The van der Waals surface area contributed by atoms with Crippen LogP contribution in [0.4, 0.5) is 17.6 Å². The molecule has 10 heteroatoms. The van der Waals surface area contributed by atoms with Crippen molar-refractivity contribution in [1.82, 2.24) is 24.8 Å². The molecule has 0 spiro atoms. The van der Waals surface area contributed by atoms with E-state index in [4.69, 9.17) is 15.2 Å². The lowest BCUT2D eigenvalue weighted by Gasteiger charge is -2.39. The van der Waals surface area contributed by atoms with Crippen molar-refractivity contribution in [3.63, 3.8) is 0 Å². The van der Waals surface area contributed by atoms with E-state index in [0.29, 0.717) is 49.5 Å². The van der Waals surface area contributed by atoms with E-state index in [1.807, 2.05) is 66.4 Å². The molecule has 3 heterocycles. The number of ether oxygens (including phenoxy) is 2. The third-order valence-electron chi connectivity index (χ3n) is 6.03. The fourth-order valence-corrected chi connectivity index (χ4v) is 4.14. The number of amides is 1. The molecule has 5 rings (SSSR count). The lowest BCUT2D eigenvalue weighted by Crippen LogP contribution is -2.54. The molecular weight excluding hydrogens is 434 g/mol. The highest BCUT2D eigenvalue weighted by Crippen LogP contribution is 2.31. The monoisotopic (exact) mass is 461 g/mol. The molecule has 2 aliphatic rings. The molecule has 3 N–H and O–H groups in total. The molecule has 3 aromatic rings. The maximum Gasteiger partial charge on any atom is 0.267 e. The summed E-state index contributed by atoms with van der Waals surface area (Å²) in [6.07, 6.45) is -0.631. The number of anilines is 3. The van der Waals surface area contributed by atoms with Gasteiger partial charge in [0.05, 0.1) is 6.04 Å². The van der Waals surface area contributed by atoms with Crippen LogP contribution in [0.3, 0.4) is 0 Å². The first-order chi connectivity index (χ1) is 16.6. The van der Waals surface area contributed by atoms with Gasteiger partial charge in [0.25, 0.3) is 5.91 Å². The smallest absolute Gasteiger partial charge is 0.267 e. The van der Waals surface area contributed by atoms with Crippen LogP contribution in [0.5, 0.6) is 11.5 Å². The van der Waals surface area contributed by atoms with E-state index in [1.165, 1.54) is 0 Å². The van der Waals surface area contributed by atoms with Gasteiger partial charge in [-0.25, -0.2) is 0 Å². The number of para-hydroxylation sites is 3. The highest BCUT2D eigenvalue weighted by Gasteiger charge is 2.34. The summed E-state index contributed by atoms with van der Waals surface area (Å²) in [5.41, 5.74) is 6.83. The first-order valence-corrected chi connectivity index (χ1v) is 11.3. The Labute approximate surface area is 197 Å². The van der Waals surface area contributed by atoms with Gasteiger partial charge in [0, 0.05) is 31.9 Å². The first kappa shape index (κ1) is 21.9. The predicted octanol–water partition coefficient (Wildman–Crippen LogP) is 2.24. The maximum atomic E-state index is 13.0. The summed E-state index contributed by atoms with van der Waals surface area (Å²) in [4.78, 5) is 30.2. The molecule has 176 valence electrons. The number of nitrogens with zero attached hydrogens (tertiary/aromatic N) is 5. The zero-order valence-electron chi connectivity index (χ0n) is 18.9. The van der Waals surface area contributed by atoms with Crippen molar-refractivity contribution >= 4 is 23.5 Å². The van der Waals surface area contributed by atoms with Crippen LogP contribution in [0.2, 0.25) is 0 Å². The standard InChI is InChI=1S/C24H27N7O3/c1-16(21-27-23(25)29-24(28-21)26-17-7-3-2-4-8-17)30-11-13-31(14-12-30)22(32)20-15-33-18-9-5-6-10-19(18)34-20/h2-10,16,20H,11-15H2,1H3,(H3,25,26,27,28,29)/t16-,20+/m1/s1. The minimum absolute atomic E-state index is 0.0550. The third-order valence-corrected chi connectivity index (χ3v) is 6.03. The molecule has 1 amide bonds. The number of fused-ring (bicyclic) bond motifs is 1. The number of piperazine rings is 1. The molecule has 2 aliphatic heterocycles. The molecule has 0 aliphatic carbocycles. The SMILES string of the molecule is C[C@H](c1nc(N)nc(Nc2ccccc2)n1)N1CCN(C(=O)[C@@H]2COc3ccccc3O2)CC1. The predicted molar refractivity (Wildman–Crippen MR) is 127 cm³/mol. The summed E-state index contributed by atoms with van der Waals surface area (Å²) in [6, 6.07) is 17.0. The van der Waals surface area contributed by atoms with E-state index < -0.39 is 6.10 Å². The summed E-state index contributed by atoms with van der Waals surface area (Å²) in [5.74, 6) is 2.38. The van der Waals surface area contributed by atoms with E-state index >= 15 is 0 Å². The van der Waals surface area contributed by atoms with Gasteiger partial charge < -0.3 is 25.4 Å². The van der Waals surface area contributed by atoms with Crippen LogP contribution in [0, 0.1) is 0 Å². The molecule has 10 nitrogen and oxygen atoms in total.